The summed E-state index contributed by atoms with van der Waals surface area (Å²) in [6, 6.07) is 32.6. The molecule has 0 aliphatic rings. The van der Waals surface area contributed by atoms with Gasteiger partial charge in [0.2, 0.25) is 5.28 Å². The summed E-state index contributed by atoms with van der Waals surface area (Å²) in [4.78, 5) is 13.8. The Kier molecular flexibility index (Phi) is 6.21. The van der Waals surface area contributed by atoms with E-state index in [9.17, 15) is 0 Å². The fraction of sp³-hybridized carbons (Fsp3) is 0. The molecular formula is C33H16B4ClN3. The highest BCUT2D eigenvalue weighted by atomic mass is 35.5. The first kappa shape index (κ1) is 25.6. The molecule has 41 heavy (non-hydrogen) atoms. The van der Waals surface area contributed by atoms with Gasteiger partial charge in [0.1, 0.15) is 31.4 Å². The van der Waals surface area contributed by atoms with Crippen molar-refractivity contribution in [1.29, 1.82) is 0 Å². The van der Waals surface area contributed by atoms with Crippen LogP contribution in [0.4, 0.5) is 0 Å². The van der Waals surface area contributed by atoms with Gasteiger partial charge in [-0.1, -0.05) is 95.9 Å². The molecule has 0 saturated carbocycles. The molecule has 0 unspecified atom stereocenters. The molecule has 182 valence electrons. The summed E-state index contributed by atoms with van der Waals surface area (Å²) < 4.78 is 0. The number of nitrogens with zero attached hydrogens (tertiary/aromatic N) is 3. The van der Waals surface area contributed by atoms with Crippen LogP contribution in [0.5, 0.6) is 0 Å². The van der Waals surface area contributed by atoms with Gasteiger partial charge >= 0.3 is 0 Å². The maximum absolute atomic E-state index is 6.61. The van der Waals surface area contributed by atoms with Crippen molar-refractivity contribution >= 4 is 97.2 Å². The van der Waals surface area contributed by atoms with Gasteiger partial charge < -0.3 is 0 Å². The molecule has 3 nitrogen and oxygen atoms in total. The molecule has 0 aliphatic heterocycles. The second-order valence-electron chi connectivity index (χ2n) is 9.94. The molecule has 7 rings (SSSR count). The van der Waals surface area contributed by atoms with Gasteiger partial charge in [-0.2, -0.15) is 9.97 Å². The molecule has 8 heteroatoms. The highest BCUT2D eigenvalue weighted by Gasteiger charge is 2.21. The summed E-state index contributed by atoms with van der Waals surface area (Å²) >= 11 is 6.51. The Morgan fingerprint density at radius 2 is 1.00 bits per heavy atom. The maximum atomic E-state index is 6.61. The lowest BCUT2D eigenvalue weighted by atomic mass is 9.62. The Labute approximate surface area is 247 Å². The fourth-order valence-corrected chi connectivity index (χ4v) is 5.60. The first-order valence-corrected chi connectivity index (χ1v) is 13.4. The molecule has 0 saturated heterocycles. The Balaban J connectivity index is 1.47. The number of benzene rings is 6. The Morgan fingerprint density at radius 3 is 1.78 bits per heavy atom. The smallest absolute Gasteiger partial charge is 0.208 e. The van der Waals surface area contributed by atoms with Gasteiger partial charge in [-0.15, -0.1) is 10.9 Å². The zero-order valence-corrected chi connectivity index (χ0v) is 22.5. The van der Waals surface area contributed by atoms with Crippen molar-refractivity contribution in [2.24, 2.45) is 0 Å². The largest absolute Gasteiger partial charge is 0.226 e. The molecule has 0 atom stereocenters. The third-order valence-corrected chi connectivity index (χ3v) is 7.70. The molecule has 0 aliphatic carbocycles. The van der Waals surface area contributed by atoms with E-state index in [2.05, 4.69) is 40.3 Å². The van der Waals surface area contributed by atoms with Crippen LogP contribution in [0.3, 0.4) is 0 Å². The molecule has 8 radical (unpaired) electrons. The van der Waals surface area contributed by atoms with Crippen LogP contribution >= 0.6 is 11.6 Å². The van der Waals surface area contributed by atoms with Gasteiger partial charge in [-0.25, -0.2) is 4.98 Å². The third-order valence-electron chi connectivity index (χ3n) is 7.53. The summed E-state index contributed by atoms with van der Waals surface area (Å²) in [5, 5.41) is 6.59. The van der Waals surface area contributed by atoms with E-state index in [-0.39, 0.29) is 33.0 Å². The second kappa shape index (κ2) is 9.94. The van der Waals surface area contributed by atoms with Crippen LogP contribution in [0.25, 0.3) is 66.2 Å². The van der Waals surface area contributed by atoms with Crippen LogP contribution in [0.2, 0.25) is 5.28 Å². The number of fused-ring (bicyclic) bond motifs is 4. The molecule has 7 aromatic rings. The molecule has 1 heterocycles. The molecule has 0 N–H and O–H groups in total. The lowest BCUT2D eigenvalue weighted by molar-refractivity contribution is 1.07. The van der Waals surface area contributed by atoms with E-state index in [1.165, 1.54) is 0 Å². The van der Waals surface area contributed by atoms with Gasteiger partial charge in [-0.05, 0) is 67.2 Å². The first-order valence-electron chi connectivity index (χ1n) is 13.0. The highest BCUT2D eigenvalue weighted by molar-refractivity contribution is 6.65. The Bertz CT molecular complexity index is 2180. The zero-order valence-electron chi connectivity index (χ0n) is 21.8. The van der Waals surface area contributed by atoms with Crippen molar-refractivity contribution in [2.75, 3.05) is 0 Å². The van der Waals surface area contributed by atoms with E-state index in [4.69, 9.17) is 48.0 Å². The van der Waals surface area contributed by atoms with Crippen LogP contribution in [-0.2, 0) is 0 Å². The summed E-state index contributed by atoms with van der Waals surface area (Å²) in [7, 11) is 25.9. The zero-order chi connectivity index (χ0) is 28.2. The topological polar surface area (TPSA) is 38.7 Å². The monoisotopic (exact) mass is 533 g/mol. The highest BCUT2D eigenvalue weighted by Crippen LogP contribution is 2.32. The average Bonchev–Trinajstić information content (AvgIpc) is 3.00. The summed E-state index contributed by atoms with van der Waals surface area (Å²) in [5.41, 5.74) is 3.48. The minimum absolute atomic E-state index is 0.0147. The predicted molar refractivity (Wildman–Crippen MR) is 175 cm³/mol. The molecule has 0 amide bonds. The van der Waals surface area contributed by atoms with Crippen molar-refractivity contribution < 1.29 is 0 Å². The van der Waals surface area contributed by atoms with E-state index >= 15 is 0 Å². The molecule has 1 aromatic heterocycles. The summed E-state index contributed by atoms with van der Waals surface area (Å²) in [6.07, 6.45) is 0. The molecular weight excluding hydrogens is 517 g/mol. The normalized spacial score (nSPS) is 11.4. The van der Waals surface area contributed by atoms with E-state index in [0.717, 1.165) is 43.4 Å². The minimum atomic E-state index is 0.0147. The lowest BCUT2D eigenvalue weighted by Gasteiger charge is -2.22. The van der Waals surface area contributed by atoms with Crippen LogP contribution < -0.4 is 21.9 Å². The van der Waals surface area contributed by atoms with Gasteiger partial charge in [0.05, 0.1) is 0 Å². The maximum Gasteiger partial charge on any atom is 0.226 e. The molecule has 0 fully saturated rings. The number of hydrogen-bond donors (Lipinski definition) is 0. The third kappa shape index (κ3) is 4.32. The standard InChI is InChI=1S/C33H16B4ClN3/c34-27-25(21-13-9-17-5-1-2-7-20(17)15-21)26(28(35)30(37)29(27)36)32-39-31(40-33(38)41-32)22-14-12-19-11-10-18-6-3-4-8-23(18)24(19)16-22/h1-16H. The van der Waals surface area contributed by atoms with Crippen LogP contribution in [0, 0.1) is 0 Å². The molecule has 6 aromatic carbocycles. The van der Waals surface area contributed by atoms with E-state index < -0.39 is 0 Å². The first-order chi connectivity index (χ1) is 19.9. The lowest BCUT2D eigenvalue weighted by Crippen LogP contribution is -2.49. The average molecular weight is 533 g/mol. The van der Waals surface area contributed by atoms with Crippen molar-refractivity contribution in [2.45, 2.75) is 0 Å². The summed E-state index contributed by atoms with van der Waals surface area (Å²) in [5.74, 6) is 0.643. The number of hydrogen-bond acceptors (Lipinski definition) is 3. The molecule has 0 bridgehead atoms. The fourth-order valence-electron chi connectivity index (χ4n) is 5.44. The quantitative estimate of drug-likeness (QED) is 0.253. The predicted octanol–water partition coefficient (Wildman–Crippen LogP) is 4.16. The SMILES string of the molecule is [B]c1c([B])c([B])c(-c2nc(Cl)nc(-c3ccc4ccc5ccccc5c4c3)n2)c(-c2ccc3ccccc3c2)c1[B]. The van der Waals surface area contributed by atoms with E-state index in [1.807, 2.05) is 66.7 Å². The van der Waals surface area contributed by atoms with Crippen molar-refractivity contribution in [1.82, 2.24) is 15.0 Å². The van der Waals surface area contributed by atoms with Crippen molar-refractivity contribution in [3.8, 4) is 33.9 Å². The van der Waals surface area contributed by atoms with Crippen LogP contribution in [0.15, 0.2) is 97.1 Å². The number of halogens is 1. The van der Waals surface area contributed by atoms with Crippen LogP contribution in [0.1, 0.15) is 0 Å². The number of aromatic nitrogens is 3. The summed E-state index contributed by atoms with van der Waals surface area (Å²) in [6.45, 7) is 0. The van der Waals surface area contributed by atoms with E-state index in [0.29, 0.717) is 17.0 Å². The minimum Gasteiger partial charge on any atom is -0.208 e. The van der Waals surface area contributed by atoms with Crippen molar-refractivity contribution in [3.63, 3.8) is 0 Å². The van der Waals surface area contributed by atoms with Gasteiger partial charge in [0.15, 0.2) is 11.6 Å². The van der Waals surface area contributed by atoms with Crippen LogP contribution in [-0.4, -0.2) is 46.3 Å². The Hall–Kier alpha value is -4.34. The van der Waals surface area contributed by atoms with E-state index in [1.54, 1.807) is 0 Å². The van der Waals surface area contributed by atoms with Crippen molar-refractivity contribution in [3.05, 3.63) is 102 Å². The number of rotatable bonds is 3. The Morgan fingerprint density at radius 1 is 0.439 bits per heavy atom. The van der Waals surface area contributed by atoms with Gasteiger partial charge in [0, 0.05) is 11.1 Å². The van der Waals surface area contributed by atoms with Gasteiger partial charge in [-0.3, -0.25) is 0 Å². The molecule has 0 spiro atoms. The second-order valence-corrected chi connectivity index (χ2v) is 10.3. The van der Waals surface area contributed by atoms with Gasteiger partial charge in [0.25, 0.3) is 0 Å².